The van der Waals surface area contributed by atoms with Crippen LogP contribution in [0.1, 0.15) is 30.1 Å². The van der Waals surface area contributed by atoms with Crippen LogP contribution in [-0.4, -0.2) is 35.6 Å². The number of nitrogens with zero attached hydrogens (tertiary/aromatic N) is 2. The van der Waals surface area contributed by atoms with Crippen molar-refractivity contribution in [1.82, 2.24) is 15.2 Å². The highest BCUT2D eigenvalue weighted by molar-refractivity contribution is 5.74. The maximum Gasteiger partial charge on any atom is 0.317 e. The van der Waals surface area contributed by atoms with Crippen molar-refractivity contribution in [3.05, 3.63) is 66.0 Å². The average molecular weight is 325 g/mol. The second-order valence-electron chi connectivity index (χ2n) is 6.16. The van der Waals surface area contributed by atoms with E-state index in [0.717, 1.165) is 18.4 Å². The summed E-state index contributed by atoms with van der Waals surface area (Å²) in [6, 6.07) is 14.1. The second-order valence-corrected chi connectivity index (χ2v) is 6.16. The molecule has 24 heavy (non-hydrogen) atoms. The summed E-state index contributed by atoms with van der Waals surface area (Å²) in [6.07, 6.45) is 5.21. The standard InChI is InChI=1S/C19H23N3O2/c1-22(14-15-6-5-10-20-13-15)19(23)21-17-9-11-24-18(12-17)16-7-3-2-4-8-16/h2-8,10,13,17-18H,9,11-12,14H2,1H3,(H,21,23). The van der Waals surface area contributed by atoms with Gasteiger partial charge in [-0.15, -0.1) is 0 Å². The van der Waals surface area contributed by atoms with Crippen molar-refractivity contribution >= 4 is 6.03 Å². The average Bonchev–Trinajstić information content (AvgIpc) is 2.63. The molecular formula is C19H23N3O2. The number of rotatable bonds is 4. The van der Waals surface area contributed by atoms with Crippen LogP contribution < -0.4 is 5.32 Å². The molecule has 1 N–H and O–H groups in total. The first-order valence-corrected chi connectivity index (χ1v) is 8.29. The van der Waals surface area contributed by atoms with Crippen molar-refractivity contribution in [3.8, 4) is 0 Å². The van der Waals surface area contributed by atoms with Crippen LogP contribution in [0.2, 0.25) is 0 Å². The molecule has 1 aliphatic heterocycles. The van der Waals surface area contributed by atoms with Crippen LogP contribution in [0.25, 0.3) is 0 Å². The van der Waals surface area contributed by atoms with E-state index in [4.69, 9.17) is 4.74 Å². The van der Waals surface area contributed by atoms with Crippen molar-refractivity contribution in [2.24, 2.45) is 0 Å². The van der Waals surface area contributed by atoms with Gasteiger partial charge in [0.25, 0.3) is 0 Å². The molecule has 1 saturated heterocycles. The predicted octanol–water partition coefficient (Wildman–Crippen LogP) is 3.14. The van der Waals surface area contributed by atoms with Crippen LogP contribution in [0.4, 0.5) is 4.79 Å². The van der Waals surface area contributed by atoms with Crippen LogP contribution in [0.5, 0.6) is 0 Å². The summed E-state index contributed by atoms with van der Waals surface area (Å²) >= 11 is 0. The van der Waals surface area contributed by atoms with E-state index in [1.165, 1.54) is 5.56 Å². The Morgan fingerprint density at radius 3 is 2.88 bits per heavy atom. The fourth-order valence-electron chi connectivity index (χ4n) is 2.95. The molecule has 2 aromatic rings. The molecule has 3 rings (SSSR count). The molecule has 0 aliphatic carbocycles. The number of amides is 2. The Morgan fingerprint density at radius 2 is 2.12 bits per heavy atom. The maximum absolute atomic E-state index is 12.4. The molecule has 0 spiro atoms. The number of pyridine rings is 1. The SMILES string of the molecule is CN(Cc1cccnc1)C(=O)NC1CCOC(c2ccccc2)C1. The largest absolute Gasteiger partial charge is 0.373 e. The highest BCUT2D eigenvalue weighted by Gasteiger charge is 2.25. The lowest BCUT2D eigenvalue weighted by Gasteiger charge is -2.31. The Labute approximate surface area is 142 Å². The van der Waals surface area contributed by atoms with Crippen molar-refractivity contribution in [1.29, 1.82) is 0 Å². The summed E-state index contributed by atoms with van der Waals surface area (Å²) in [5.41, 5.74) is 2.18. The Morgan fingerprint density at radius 1 is 1.29 bits per heavy atom. The number of urea groups is 1. The van der Waals surface area contributed by atoms with E-state index in [2.05, 4.69) is 22.4 Å². The summed E-state index contributed by atoms with van der Waals surface area (Å²) in [5.74, 6) is 0. The van der Waals surface area contributed by atoms with E-state index in [1.807, 2.05) is 30.3 Å². The Kier molecular flexibility index (Phi) is 5.43. The molecule has 2 amide bonds. The van der Waals surface area contributed by atoms with Gasteiger partial charge in [-0.2, -0.15) is 0 Å². The summed E-state index contributed by atoms with van der Waals surface area (Å²) in [4.78, 5) is 18.2. The number of nitrogens with one attached hydrogen (secondary N) is 1. The van der Waals surface area contributed by atoms with Crippen molar-refractivity contribution in [3.63, 3.8) is 0 Å². The number of hydrogen-bond donors (Lipinski definition) is 1. The van der Waals surface area contributed by atoms with Crippen molar-refractivity contribution in [2.75, 3.05) is 13.7 Å². The van der Waals surface area contributed by atoms with Crippen LogP contribution in [-0.2, 0) is 11.3 Å². The van der Waals surface area contributed by atoms with E-state index in [9.17, 15) is 4.79 Å². The van der Waals surface area contributed by atoms with Crippen LogP contribution in [0, 0.1) is 0 Å². The minimum Gasteiger partial charge on any atom is -0.373 e. The monoisotopic (exact) mass is 325 g/mol. The lowest BCUT2D eigenvalue weighted by atomic mass is 9.97. The molecule has 5 heteroatoms. The highest BCUT2D eigenvalue weighted by atomic mass is 16.5. The van der Waals surface area contributed by atoms with Crippen LogP contribution in [0.3, 0.4) is 0 Å². The number of hydrogen-bond acceptors (Lipinski definition) is 3. The second kappa shape index (κ2) is 7.93. The molecule has 1 fully saturated rings. The Bertz CT molecular complexity index is 648. The molecule has 1 aliphatic rings. The van der Waals surface area contributed by atoms with Crippen LogP contribution in [0.15, 0.2) is 54.9 Å². The minimum atomic E-state index is -0.0578. The van der Waals surface area contributed by atoms with E-state index in [-0.39, 0.29) is 18.2 Å². The predicted molar refractivity (Wildman–Crippen MR) is 92.4 cm³/mol. The Hall–Kier alpha value is -2.40. The minimum absolute atomic E-state index is 0.0499. The van der Waals surface area contributed by atoms with Gasteiger partial charge >= 0.3 is 6.03 Å². The topological polar surface area (TPSA) is 54.5 Å². The summed E-state index contributed by atoms with van der Waals surface area (Å²) in [7, 11) is 1.80. The number of carbonyl (C=O) groups excluding carboxylic acids is 1. The zero-order valence-electron chi connectivity index (χ0n) is 13.9. The third kappa shape index (κ3) is 4.32. The van der Waals surface area contributed by atoms with Gasteiger partial charge < -0.3 is 15.0 Å². The van der Waals surface area contributed by atoms with Gasteiger partial charge in [0, 0.05) is 38.6 Å². The van der Waals surface area contributed by atoms with Crippen LogP contribution >= 0.6 is 0 Å². The van der Waals surface area contributed by atoms with E-state index in [0.29, 0.717) is 13.2 Å². The van der Waals surface area contributed by atoms with Gasteiger partial charge in [-0.1, -0.05) is 36.4 Å². The van der Waals surface area contributed by atoms with Gasteiger partial charge in [0.15, 0.2) is 0 Å². The lowest BCUT2D eigenvalue weighted by molar-refractivity contribution is 0.00158. The number of ether oxygens (including phenoxy) is 1. The van der Waals surface area contributed by atoms with E-state index >= 15 is 0 Å². The fourth-order valence-corrected chi connectivity index (χ4v) is 2.95. The van der Waals surface area contributed by atoms with Gasteiger partial charge in [-0.3, -0.25) is 4.98 Å². The fraction of sp³-hybridized carbons (Fsp3) is 0.368. The molecule has 0 saturated carbocycles. The molecule has 0 radical (unpaired) electrons. The first-order valence-electron chi connectivity index (χ1n) is 8.29. The van der Waals surface area contributed by atoms with Gasteiger partial charge in [0.1, 0.15) is 0 Å². The summed E-state index contributed by atoms with van der Waals surface area (Å²) in [6.45, 7) is 1.21. The summed E-state index contributed by atoms with van der Waals surface area (Å²) in [5, 5.41) is 3.13. The first-order chi connectivity index (χ1) is 11.7. The highest BCUT2D eigenvalue weighted by Crippen LogP contribution is 2.27. The number of carbonyl (C=O) groups is 1. The third-order valence-corrected chi connectivity index (χ3v) is 4.27. The van der Waals surface area contributed by atoms with Crippen molar-refractivity contribution < 1.29 is 9.53 Å². The molecule has 2 unspecified atom stereocenters. The van der Waals surface area contributed by atoms with Crippen molar-refractivity contribution in [2.45, 2.75) is 31.5 Å². The number of benzene rings is 1. The maximum atomic E-state index is 12.4. The third-order valence-electron chi connectivity index (χ3n) is 4.27. The smallest absolute Gasteiger partial charge is 0.317 e. The normalized spacial score (nSPS) is 20.4. The van der Waals surface area contributed by atoms with E-state index in [1.54, 1.807) is 24.3 Å². The lowest BCUT2D eigenvalue weighted by Crippen LogP contribution is -2.45. The molecule has 2 heterocycles. The van der Waals surface area contributed by atoms with Gasteiger partial charge in [0.2, 0.25) is 0 Å². The first kappa shape index (κ1) is 16.5. The molecule has 126 valence electrons. The zero-order valence-corrected chi connectivity index (χ0v) is 13.9. The Balaban J connectivity index is 1.54. The molecule has 5 nitrogen and oxygen atoms in total. The summed E-state index contributed by atoms with van der Waals surface area (Å²) < 4.78 is 5.86. The molecular weight excluding hydrogens is 302 g/mol. The van der Waals surface area contributed by atoms with Gasteiger partial charge in [0.05, 0.1) is 6.10 Å². The van der Waals surface area contributed by atoms with E-state index < -0.39 is 0 Å². The molecule has 2 atom stereocenters. The number of aromatic nitrogens is 1. The molecule has 1 aromatic carbocycles. The van der Waals surface area contributed by atoms with Gasteiger partial charge in [-0.05, 0) is 30.0 Å². The quantitative estimate of drug-likeness (QED) is 0.939. The zero-order chi connectivity index (χ0) is 16.8. The molecule has 1 aromatic heterocycles. The van der Waals surface area contributed by atoms with Gasteiger partial charge in [-0.25, -0.2) is 4.79 Å². The molecule has 0 bridgehead atoms.